The molecule has 2 aromatic carbocycles. The lowest BCUT2D eigenvalue weighted by Gasteiger charge is -2.10. The fraction of sp³-hybridized carbons (Fsp3) is 0.0909. The highest BCUT2D eigenvalue weighted by atomic mass is 16.1. The van der Waals surface area contributed by atoms with E-state index in [-0.39, 0.29) is 17.4 Å². The smallest absolute Gasteiger partial charge is 0.270 e. The molecule has 0 aliphatic carbocycles. The van der Waals surface area contributed by atoms with E-state index in [9.17, 15) is 9.59 Å². The van der Waals surface area contributed by atoms with Gasteiger partial charge in [-0.05, 0) is 31.2 Å². The third-order valence-corrected chi connectivity index (χ3v) is 3.96. The lowest BCUT2D eigenvalue weighted by atomic mass is 10.1. The molecule has 0 aliphatic rings. The van der Waals surface area contributed by atoms with Crippen LogP contribution >= 0.6 is 0 Å². The Morgan fingerprint density at radius 1 is 1.04 bits per heavy atom. The molecule has 1 heterocycles. The largest absolute Gasteiger partial charge is 0.347 e. The van der Waals surface area contributed by atoms with Gasteiger partial charge in [0.1, 0.15) is 11.5 Å². The highest BCUT2D eigenvalue weighted by molar-refractivity contribution is 5.95. The van der Waals surface area contributed by atoms with E-state index in [2.05, 4.69) is 27.2 Å². The number of amides is 1. The van der Waals surface area contributed by atoms with Gasteiger partial charge in [-0.15, -0.1) is 6.58 Å². The van der Waals surface area contributed by atoms with Gasteiger partial charge in [-0.1, -0.05) is 36.4 Å². The number of ketones is 1. The average Bonchev–Trinajstić information content (AvgIpc) is 2.72. The normalized spacial score (nSPS) is 10.2. The Bertz CT molecular complexity index is 999. The van der Waals surface area contributed by atoms with Gasteiger partial charge < -0.3 is 10.6 Å². The average molecular weight is 372 g/mol. The maximum atomic E-state index is 12.4. The van der Waals surface area contributed by atoms with Crippen molar-refractivity contribution in [3.63, 3.8) is 0 Å². The molecular formula is C22H20N4O2. The predicted molar refractivity (Wildman–Crippen MR) is 110 cm³/mol. The summed E-state index contributed by atoms with van der Waals surface area (Å²) in [5.41, 5.74) is 2.43. The first-order valence-electron chi connectivity index (χ1n) is 8.78. The molecule has 0 radical (unpaired) electrons. The van der Waals surface area contributed by atoms with E-state index in [0.717, 1.165) is 11.3 Å². The van der Waals surface area contributed by atoms with Crippen molar-refractivity contribution in [2.24, 2.45) is 0 Å². The molecule has 1 amide bonds. The van der Waals surface area contributed by atoms with Gasteiger partial charge in [-0.2, -0.15) is 0 Å². The Morgan fingerprint density at radius 3 is 2.39 bits per heavy atom. The van der Waals surface area contributed by atoms with Gasteiger partial charge in [0.25, 0.3) is 5.91 Å². The van der Waals surface area contributed by atoms with Gasteiger partial charge in [0.2, 0.25) is 0 Å². The molecule has 0 atom stereocenters. The number of anilines is 2. The standard InChI is InChI=1S/C22H20N4O2/c1-3-13-23-22(28)19-14-20(24-18-11-9-16(10-12-18)15(2)27)26-21(25-19)17-7-5-4-6-8-17/h3-12,14H,1,13H2,2H3,(H,23,28)(H,24,25,26). The fourth-order valence-electron chi connectivity index (χ4n) is 2.54. The molecule has 0 spiro atoms. The van der Waals surface area contributed by atoms with Gasteiger partial charge in [-0.3, -0.25) is 9.59 Å². The number of benzene rings is 2. The lowest BCUT2D eigenvalue weighted by molar-refractivity contribution is 0.0952. The minimum atomic E-state index is -0.311. The van der Waals surface area contributed by atoms with Crippen molar-refractivity contribution in [2.45, 2.75) is 6.92 Å². The minimum absolute atomic E-state index is 0.00104. The van der Waals surface area contributed by atoms with E-state index in [0.29, 0.717) is 23.8 Å². The molecule has 2 N–H and O–H groups in total. The van der Waals surface area contributed by atoms with Crippen LogP contribution in [0.3, 0.4) is 0 Å². The Morgan fingerprint density at radius 2 is 1.75 bits per heavy atom. The molecule has 6 nitrogen and oxygen atoms in total. The number of nitrogens with zero attached hydrogens (tertiary/aromatic N) is 2. The first-order valence-corrected chi connectivity index (χ1v) is 8.78. The third kappa shape index (κ3) is 4.67. The number of carbonyl (C=O) groups excluding carboxylic acids is 2. The van der Waals surface area contributed by atoms with Crippen molar-refractivity contribution in [3.05, 3.63) is 84.6 Å². The van der Waals surface area contributed by atoms with Crippen LogP contribution in [0.2, 0.25) is 0 Å². The van der Waals surface area contributed by atoms with E-state index in [1.807, 2.05) is 30.3 Å². The van der Waals surface area contributed by atoms with Crippen molar-refractivity contribution in [3.8, 4) is 11.4 Å². The summed E-state index contributed by atoms with van der Waals surface area (Å²) >= 11 is 0. The molecule has 0 bridgehead atoms. The number of aromatic nitrogens is 2. The maximum absolute atomic E-state index is 12.4. The molecule has 3 aromatic rings. The quantitative estimate of drug-likeness (QED) is 0.484. The monoisotopic (exact) mass is 372 g/mol. The van der Waals surface area contributed by atoms with Gasteiger partial charge in [-0.25, -0.2) is 9.97 Å². The van der Waals surface area contributed by atoms with Crippen LogP contribution in [-0.4, -0.2) is 28.2 Å². The van der Waals surface area contributed by atoms with E-state index in [4.69, 9.17) is 0 Å². The maximum Gasteiger partial charge on any atom is 0.270 e. The van der Waals surface area contributed by atoms with Crippen LogP contribution in [0.15, 0.2) is 73.3 Å². The van der Waals surface area contributed by atoms with Crippen molar-refractivity contribution < 1.29 is 9.59 Å². The van der Waals surface area contributed by atoms with Gasteiger partial charge in [0.05, 0.1) is 0 Å². The Labute approximate surface area is 163 Å². The second kappa shape index (κ2) is 8.73. The molecule has 6 heteroatoms. The van der Waals surface area contributed by atoms with Crippen LogP contribution in [0.1, 0.15) is 27.8 Å². The zero-order chi connectivity index (χ0) is 19.9. The van der Waals surface area contributed by atoms with Crippen molar-refractivity contribution in [1.82, 2.24) is 15.3 Å². The Hall–Kier alpha value is -3.80. The van der Waals surface area contributed by atoms with E-state index < -0.39 is 0 Å². The molecule has 1 aromatic heterocycles. The summed E-state index contributed by atoms with van der Waals surface area (Å²) in [5, 5.41) is 5.89. The molecule has 0 saturated carbocycles. The van der Waals surface area contributed by atoms with Crippen LogP contribution in [0.4, 0.5) is 11.5 Å². The van der Waals surface area contributed by atoms with Crippen molar-refractivity contribution >= 4 is 23.2 Å². The van der Waals surface area contributed by atoms with Crippen LogP contribution < -0.4 is 10.6 Å². The van der Waals surface area contributed by atoms with E-state index in [1.54, 1.807) is 36.4 Å². The third-order valence-electron chi connectivity index (χ3n) is 3.96. The highest BCUT2D eigenvalue weighted by Crippen LogP contribution is 2.21. The number of hydrogen-bond acceptors (Lipinski definition) is 5. The van der Waals surface area contributed by atoms with Crippen LogP contribution in [0.5, 0.6) is 0 Å². The van der Waals surface area contributed by atoms with Gasteiger partial charge in [0, 0.05) is 29.4 Å². The molecular weight excluding hydrogens is 352 g/mol. The Kier molecular flexibility index (Phi) is 5.91. The van der Waals surface area contributed by atoms with Gasteiger partial charge in [0.15, 0.2) is 11.6 Å². The molecule has 0 unspecified atom stereocenters. The number of hydrogen-bond donors (Lipinski definition) is 2. The van der Waals surface area contributed by atoms with Crippen LogP contribution in [0, 0.1) is 0 Å². The first-order chi connectivity index (χ1) is 13.6. The highest BCUT2D eigenvalue weighted by Gasteiger charge is 2.13. The number of carbonyl (C=O) groups is 2. The summed E-state index contributed by atoms with van der Waals surface area (Å²) in [6, 6.07) is 18.1. The zero-order valence-electron chi connectivity index (χ0n) is 15.5. The minimum Gasteiger partial charge on any atom is -0.347 e. The molecule has 140 valence electrons. The molecule has 0 fully saturated rings. The van der Waals surface area contributed by atoms with Crippen molar-refractivity contribution in [1.29, 1.82) is 0 Å². The summed E-state index contributed by atoms with van der Waals surface area (Å²) in [6.07, 6.45) is 1.60. The number of rotatable bonds is 7. The zero-order valence-corrected chi connectivity index (χ0v) is 15.5. The van der Waals surface area contributed by atoms with E-state index >= 15 is 0 Å². The Balaban J connectivity index is 1.95. The molecule has 28 heavy (non-hydrogen) atoms. The summed E-state index contributed by atoms with van der Waals surface area (Å²) in [6.45, 7) is 5.47. The fourth-order valence-corrected chi connectivity index (χ4v) is 2.54. The van der Waals surface area contributed by atoms with E-state index in [1.165, 1.54) is 6.92 Å². The SMILES string of the molecule is C=CCNC(=O)c1cc(Nc2ccc(C(C)=O)cc2)nc(-c2ccccc2)n1. The van der Waals surface area contributed by atoms with Gasteiger partial charge >= 0.3 is 0 Å². The predicted octanol–water partition coefficient (Wildman–Crippen LogP) is 4.01. The summed E-state index contributed by atoms with van der Waals surface area (Å²) < 4.78 is 0. The second-order valence-electron chi connectivity index (χ2n) is 6.09. The first kappa shape index (κ1) is 19.0. The van der Waals surface area contributed by atoms with Crippen molar-refractivity contribution in [2.75, 3.05) is 11.9 Å². The summed E-state index contributed by atoms with van der Waals surface area (Å²) in [4.78, 5) is 32.8. The lowest BCUT2D eigenvalue weighted by Crippen LogP contribution is -2.24. The second-order valence-corrected chi connectivity index (χ2v) is 6.09. The van der Waals surface area contributed by atoms with Crippen LogP contribution in [-0.2, 0) is 0 Å². The molecule has 0 saturated heterocycles. The molecule has 0 aliphatic heterocycles. The molecule has 3 rings (SSSR count). The van der Waals surface area contributed by atoms with Crippen LogP contribution in [0.25, 0.3) is 11.4 Å². The number of Topliss-reactive ketones (excluding diaryl/α,β-unsaturated/α-hetero) is 1. The number of nitrogens with one attached hydrogen (secondary N) is 2. The summed E-state index contributed by atoms with van der Waals surface area (Å²) in [5.74, 6) is 0.610. The topological polar surface area (TPSA) is 84.0 Å². The summed E-state index contributed by atoms with van der Waals surface area (Å²) in [7, 11) is 0.